The van der Waals surface area contributed by atoms with Gasteiger partial charge in [0.15, 0.2) is 0 Å². The summed E-state index contributed by atoms with van der Waals surface area (Å²) in [6, 6.07) is 3.86. The van der Waals surface area contributed by atoms with E-state index in [9.17, 15) is 22.0 Å². The number of amides is 1. The molecule has 36 heavy (non-hydrogen) atoms. The largest absolute Gasteiger partial charge is 0.444 e. The fourth-order valence-electron chi connectivity index (χ4n) is 5.08. The Morgan fingerprint density at radius 2 is 1.75 bits per heavy atom. The van der Waals surface area contributed by atoms with Gasteiger partial charge in [-0.15, -0.1) is 0 Å². The Morgan fingerprint density at radius 3 is 2.31 bits per heavy atom. The highest BCUT2D eigenvalue weighted by atomic mass is 32.2. The van der Waals surface area contributed by atoms with Crippen molar-refractivity contribution >= 4 is 16.1 Å². The molecule has 2 aliphatic heterocycles. The van der Waals surface area contributed by atoms with Crippen molar-refractivity contribution in [3.8, 4) is 11.1 Å². The monoisotopic (exact) mass is 528 g/mol. The van der Waals surface area contributed by atoms with E-state index < -0.39 is 63.0 Å². The summed E-state index contributed by atoms with van der Waals surface area (Å²) in [4.78, 5) is 14.4. The summed E-state index contributed by atoms with van der Waals surface area (Å²) >= 11 is 0. The van der Waals surface area contributed by atoms with Gasteiger partial charge in [-0.2, -0.15) is 0 Å². The van der Waals surface area contributed by atoms with Crippen molar-refractivity contribution in [2.45, 2.75) is 69.4 Å². The van der Waals surface area contributed by atoms with Crippen LogP contribution < -0.4 is 4.72 Å². The molecule has 3 fully saturated rings. The minimum Gasteiger partial charge on any atom is -0.444 e. The number of halogens is 4. The van der Waals surface area contributed by atoms with Crippen LogP contribution in [0.3, 0.4) is 0 Å². The molecule has 0 aromatic heterocycles. The minimum absolute atomic E-state index is 0.0286. The van der Waals surface area contributed by atoms with E-state index in [1.165, 1.54) is 23.1 Å². The van der Waals surface area contributed by atoms with Gasteiger partial charge in [0, 0.05) is 30.5 Å². The lowest BCUT2D eigenvalue weighted by Crippen LogP contribution is -2.77. The molecule has 1 N–H and O–H groups in total. The number of carbonyl (C=O) groups excluding carboxylic acids is 1. The number of piperidine rings is 2. The molecule has 2 saturated heterocycles. The zero-order chi connectivity index (χ0) is 26.6. The van der Waals surface area contributed by atoms with Gasteiger partial charge in [-0.1, -0.05) is 18.2 Å². The number of nitrogens with zero attached hydrogens (tertiary/aromatic N) is 1. The molecule has 0 unspecified atom stereocenters. The van der Waals surface area contributed by atoms with Gasteiger partial charge in [0.25, 0.3) is 0 Å². The van der Waals surface area contributed by atoms with E-state index in [0.29, 0.717) is 6.07 Å². The second-order valence-corrected chi connectivity index (χ2v) is 12.3. The van der Waals surface area contributed by atoms with Crippen molar-refractivity contribution in [1.29, 1.82) is 0 Å². The van der Waals surface area contributed by atoms with E-state index in [-0.39, 0.29) is 36.0 Å². The van der Waals surface area contributed by atoms with Crippen molar-refractivity contribution in [3.63, 3.8) is 0 Å². The van der Waals surface area contributed by atoms with Crippen LogP contribution >= 0.6 is 0 Å². The van der Waals surface area contributed by atoms with Crippen LogP contribution in [-0.2, 0) is 21.2 Å². The lowest BCUT2D eigenvalue weighted by molar-refractivity contribution is -0.131. The van der Waals surface area contributed by atoms with Crippen molar-refractivity contribution in [1.82, 2.24) is 9.62 Å². The first-order chi connectivity index (χ1) is 16.6. The molecule has 1 amide bonds. The maximum absolute atomic E-state index is 15.7. The van der Waals surface area contributed by atoms with Crippen LogP contribution in [-0.4, -0.2) is 55.1 Å². The first-order valence-electron chi connectivity index (χ1n) is 11.5. The molecule has 1 saturated carbocycles. The summed E-state index contributed by atoms with van der Waals surface area (Å²) in [5.74, 6) is -2.57. The summed E-state index contributed by atoms with van der Waals surface area (Å²) in [5, 5.41) is 0. The fourth-order valence-corrected chi connectivity index (χ4v) is 5.91. The van der Waals surface area contributed by atoms with Crippen LogP contribution in [0.1, 0.15) is 39.2 Å². The number of fused-ring (bicyclic) bond motifs is 2. The normalized spacial score (nSPS) is 25.9. The molecular weight excluding hydrogens is 500 g/mol. The number of rotatable bonds is 5. The van der Waals surface area contributed by atoms with E-state index in [0.717, 1.165) is 18.4 Å². The highest BCUT2D eigenvalue weighted by molar-refractivity contribution is 7.88. The maximum Gasteiger partial charge on any atom is 0.410 e. The number of hydrogen-bond acceptors (Lipinski definition) is 4. The van der Waals surface area contributed by atoms with Gasteiger partial charge in [0.1, 0.15) is 28.7 Å². The Hall–Kier alpha value is -2.66. The van der Waals surface area contributed by atoms with Crippen molar-refractivity contribution < 1.29 is 35.5 Å². The minimum atomic E-state index is -3.90. The van der Waals surface area contributed by atoms with Gasteiger partial charge >= 0.3 is 6.09 Å². The predicted molar refractivity (Wildman–Crippen MR) is 126 cm³/mol. The molecule has 196 valence electrons. The molecule has 2 aromatic rings. The van der Waals surface area contributed by atoms with Gasteiger partial charge in [-0.05, 0) is 50.5 Å². The zero-order valence-corrected chi connectivity index (χ0v) is 21.1. The lowest BCUT2D eigenvalue weighted by atomic mass is 9.64. The van der Waals surface area contributed by atoms with Crippen molar-refractivity contribution in [2.75, 3.05) is 6.26 Å². The van der Waals surface area contributed by atoms with E-state index in [1.807, 2.05) is 0 Å². The second kappa shape index (κ2) is 9.02. The number of benzene rings is 2. The number of alkyl halides is 1. The standard InChI is InChI=1S/C25H28F4N2O4S/c1-24(2,3)35-23(32)31-18-12-25(29,13-18)22(30-36(4,33)34)20(31)10-14-6-5-7-19(21(14)28)15-8-16(26)11-17(27)9-15/h5-9,11,18,20,22,30H,10,12-13H2,1-4H3/t18?,20-,22+,25?/m0/s1. The third kappa shape index (κ3) is 5.36. The van der Waals surface area contributed by atoms with Crippen LogP contribution in [0.4, 0.5) is 22.4 Å². The quantitative estimate of drug-likeness (QED) is 0.570. The first-order valence-corrected chi connectivity index (χ1v) is 13.4. The molecule has 2 bridgehead atoms. The molecule has 3 aliphatic rings. The van der Waals surface area contributed by atoms with Crippen LogP contribution in [0.25, 0.3) is 11.1 Å². The van der Waals surface area contributed by atoms with Gasteiger partial charge in [0.05, 0.1) is 18.3 Å². The van der Waals surface area contributed by atoms with Crippen LogP contribution in [0.2, 0.25) is 0 Å². The first kappa shape index (κ1) is 26.4. The summed E-state index contributed by atoms with van der Waals surface area (Å²) < 4.78 is 90.9. The Labute approximate surface area is 207 Å². The lowest BCUT2D eigenvalue weighted by Gasteiger charge is -2.60. The van der Waals surface area contributed by atoms with E-state index in [2.05, 4.69) is 4.72 Å². The van der Waals surface area contributed by atoms with Crippen molar-refractivity contribution in [3.05, 3.63) is 59.4 Å². The summed E-state index contributed by atoms with van der Waals surface area (Å²) in [6.45, 7) is 4.99. The van der Waals surface area contributed by atoms with Crippen molar-refractivity contribution in [2.24, 2.45) is 0 Å². The van der Waals surface area contributed by atoms with Gasteiger partial charge < -0.3 is 4.74 Å². The van der Waals surface area contributed by atoms with Gasteiger partial charge in [0.2, 0.25) is 10.0 Å². The molecule has 5 rings (SSSR count). The summed E-state index contributed by atoms with van der Waals surface area (Å²) in [6.07, 6.45) is -0.299. The highest BCUT2D eigenvalue weighted by Gasteiger charge is 2.64. The zero-order valence-electron chi connectivity index (χ0n) is 20.3. The average Bonchev–Trinajstić information content (AvgIpc) is 2.68. The number of nitrogens with one attached hydrogen (secondary N) is 1. The van der Waals surface area contributed by atoms with Gasteiger partial charge in [-0.3, -0.25) is 4.90 Å². The topological polar surface area (TPSA) is 75.7 Å². The average molecular weight is 529 g/mol. The van der Waals surface area contributed by atoms with E-state index in [4.69, 9.17) is 4.74 Å². The van der Waals surface area contributed by atoms with Crippen LogP contribution in [0.5, 0.6) is 0 Å². The molecule has 6 nitrogen and oxygen atoms in total. The fraction of sp³-hybridized carbons (Fsp3) is 0.480. The smallest absolute Gasteiger partial charge is 0.410 e. The Morgan fingerprint density at radius 1 is 1.14 bits per heavy atom. The van der Waals surface area contributed by atoms with E-state index in [1.54, 1.807) is 20.8 Å². The predicted octanol–water partition coefficient (Wildman–Crippen LogP) is 4.72. The Bertz CT molecular complexity index is 1270. The SMILES string of the molecule is CC(C)(C)OC(=O)N1C2CC(F)(C2)[C@H](NS(C)(=O)=O)[C@@H]1Cc1cccc(-c2cc(F)cc(F)c2)c1F. The van der Waals surface area contributed by atoms with Crippen LogP contribution in [0.15, 0.2) is 36.4 Å². The number of hydrogen-bond donors (Lipinski definition) is 1. The Kier molecular flexibility index (Phi) is 6.62. The highest BCUT2D eigenvalue weighted by Crippen LogP contribution is 2.50. The molecular formula is C25H28F4N2O4S. The third-order valence-electron chi connectivity index (χ3n) is 6.47. The molecule has 2 atom stereocenters. The molecule has 1 aliphatic carbocycles. The molecule has 2 heterocycles. The number of ether oxygens (including phenoxy) is 1. The van der Waals surface area contributed by atoms with Gasteiger partial charge in [-0.25, -0.2) is 35.5 Å². The summed E-state index contributed by atoms with van der Waals surface area (Å²) in [7, 11) is -3.90. The number of carbonyl (C=O) groups is 1. The maximum atomic E-state index is 15.7. The second-order valence-electron chi connectivity index (χ2n) is 10.6. The molecule has 11 heteroatoms. The molecule has 0 spiro atoms. The molecule has 0 radical (unpaired) electrons. The van der Waals surface area contributed by atoms with E-state index >= 15 is 8.78 Å². The molecule has 2 aromatic carbocycles. The van der Waals surface area contributed by atoms with Crippen LogP contribution in [0, 0.1) is 17.5 Å². The number of sulfonamides is 1. The Balaban J connectivity index is 1.76. The third-order valence-corrected chi connectivity index (χ3v) is 7.15. The summed E-state index contributed by atoms with van der Waals surface area (Å²) in [5.41, 5.74) is -2.88.